The maximum absolute atomic E-state index is 5.84. The molecule has 1 saturated carbocycles. The summed E-state index contributed by atoms with van der Waals surface area (Å²) in [6.07, 6.45) is 6.05. The van der Waals surface area contributed by atoms with Gasteiger partial charge in [0.2, 0.25) is 0 Å². The van der Waals surface area contributed by atoms with Crippen LogP contribution < -0.4 is 10.6 Å². The van der Waals surface area contributed by atoms with E-state index in [1.807, 2.05) is 18.3 Å². The predicted molar refractivity (Wildman–Crippen MR) is 81.4 cm³/mol. The second-order valence-corrected chi connectivity index (χ2v) is 5.44. The lowest BCUT2D eigenvalue weighted by Gasteiger charge is -2.33. The lowest BCUT2D eigenvalue weighted by Crippen LogP contribution is -2.32. The summed E-state index contributed by atoms with van der Waals surface area (Å²) in [6, 6.07) is 8.14. The molecule has 0 bridgehead atoms. The molecule has 0 unspecified atom stereocenters. The van der Waals surface area contributed by atoms with Crippen LogP contribution in [0.2, 0.25) is 0 Å². The molecule has 1 fully saturated rings. The van der Waals surface area contributed by atoms with Crippen LogP contribution in [0.4, 0.5) is 11.4 Å². The fourth-order valence-corrected chi connectivity index (χ4v) is 2.81. The molecular formula is C16H21N3. The number of fused-ring (bicyclic) bond motifs is 1. The molecule has 1 aliphatic rings. The minimum atomic E-state index is 0.777. The molecule has 1 aliphatic carbocycles. The minimum absolute atomic E-state index is 0.777. The topological polar surface area (TPSA) is 42.2 Å². The van der Waals surface area contributed by atoms with Crippen molar-refractivity contribution in [3.05, 3.63) is 30.5 Å². The second-order valence-electron chi connectivity index (χ2n) is 5.44. The summed E-state index contributed by atoms with van der Waals surface area (Å²) in [7, 11) is 0. The average molecular weight is 255 g/mol. The van der Waals surface area contributed by atoms with Gasteiger partial charge in [0.05, 0.1) is 5.52 Å². The van der Waals surface area contributed by atoms with Gasteiger partial charge in [-0.25, -0.2) is 0 Å². The van der Waals surface area contributed by atoms with Gasteiger partial charge in [0.25, 0.3) is 0 Å². The number of aromatic nitrogens is 1. The van der Waals surface area contributed by atoms with Crippen LogP contribution in [-0.2, 0) is 0 Å². The van der Waals surface area contributed by atoms with Crippen molar-refractivity contribution in [2.24, 2.45) is 5.92 Å². The Morgan fingerprint density at radius 2 is 2.16 bits per heavy atom. The van der Waals surface area contributed by atoms with Crippen LogP contribution in [0.1, 0.15) is 26.2 Å². The highest BCUT2D eigenvalue weighted by molar-refractivity contribution is 5.93. The lowest BCUT2D eigenvalue weighted by molar-refractivity contribution is 0.318. The van der Waals surface area contributed by atoms with E-state index in [2.05, 4.69) is 28.9 Å². The molecule has 0 spiro atoms. The van der Waals surface area contributed by atoms with Gasteiger partial charge in [0.1, 0.15) is 0 Å². The van der Waals surface area contributed by atoms with Gasteiger partial charge in [-0.3, -0.25) is 4.98 Å². The Balaban J connectivity index is 1.97. The van der Waals surface area contributed by atoms with Gasteiger partial charge < -0.3 is 10.6 Å². The number of benzene rings is 1. The van der Waals surface area contributed by atoms with E-state index in [9.17, 15) is 0 Å². The number of hydrogen-bond acceptors (Lipinski definition) is 3. The summed E-state index contributed by atoms with van der Waals surface area (Å²) in [5.74, 6) is 0.872. The molecule has 1 aromatic heterocycles. The van der Waals surface area contributed by atoms with Crippen molar-refractivity contribution in [1.29, 1.82) is 0 Å². The molecule has 1 heterocycles. The van der Waals surface area contributed by atoms with Gasteiger partial charge in [0, 0.05) is 36.0 Å². The Morgan fingerprint density at radius 1 is 1.32 bits per heavy atom. The standard InChI is InChI=1S/C16H21N3/c1-2-19(11-12-4-3-5-12)16-8-9-18-15-10-13(17)6-7-14(15)16/h6-10,12H,2-5,11,17H2,1H3. The third kappa shape index (κ3) is 2.37. The number of pyridine rings is 1. The third-order valence-electron chi connectivity index (χ3n) is 4.17. The molecule has 0 saturated heterocycles. The molecule has 19 heavy (non-hydrogen) atoms. The van der Waals surface area contributed by atoms with Crippen LogP contribution in [0, 0.1) is 5.92 Å². The van der Waals surface area contributed by atoms with E-state index >= 15 is 0 Å². The lowest BCUT2D eigenvalue weighted by atomic mass is 9.85. The smallest absolute Gasteiger partial charge is 0.0743 e. The molecular weight excluding hydrogens is 234 g/mol. The first-order chi connectivity index (χ1) is 9.28. The van der Waals surface area contributed by atoms with Gasteiger partial charge in [-0.05, 0) is 49.9 Å². The molecule has 3 rings (SSSR count). The first-order valence-electron chi connectivity index (χ1n) is 7.17. The molecule has 100 valence electrons. The van der Waals surface area contributed by atoms with E-state index in [-0.39, 0.29) is 0 Å². The Morgan fingerprint density at radius 3 is 2.84 bits per heavy atom. The highest BCUT2D eigenvalue weighted by Gasteiger charge is 2.21. The van der Waals surface area contributed by atoms with Gasteiger partial charge in [-0.1, -0.05) is 6.42 Å². The maximum atomic E-state index is 5.84. The zero-order valence-electron chi connectivity index (χ0n) is 11.5. The summed E-state index contributed by atoms with van der Waals surface area (Å²) < 4.78 is 0. The molecule has 0 radical (unpaired) electrons. The summed E-state index contributed by atoms with van der Waals surface area (Å²) in [6.45, 7) is 4.43. The summed E-state index contributed by atoms with van der Waals surface area (Å²) in [4.78, 5) is 6.90. The van der Waals surface area contributed by atoms with E-state index in [1.54, 1.807) is 0 Å². The highest BCUT2D eigenvalue weighted by atomic mass is 15.1. The fraction of sp³-hybridized carbons (Fsp3) is 0.438. The number of nitrogens with zero attached hydrogens (tertiary/aromatic N) is 2. The number of nitrogens with two attached hydrogens (primary N) is 1. The Hall–Kier alpha value is -1.77. The van der Waals surface area contributed by atoms with Crippen molar-refractivity contribution in [1.82, 2.24) is 4.98 Å². The molecule has 1 aromatic carbocycles. The molecule has 3 heteroatoms. The van der Waals surface area contributed by atoms with Gasteiger partial charge in [-0.2, -0.15) is 0 Å². The van der Waals surface area contributed by atoms with Crippen LogP contribution in [0.5, 0.6) is 0 Å². The van der Waals surface area contributed by atoms with Crippen LogP contribution in [0.25, 0.3) is 10.9 Å². The molecule has 0 atom stereocenters. The van der Waals surface area contributed by atoms with E-state index in [0.29, 0.717) is 0 Å². The number of anilines is 2. The number of hydrogen-bond donors (Lipinski definition) is 1. The minimum Gasteiger partial charge on any atom is -0.399 e. The van der Waals surface area contributed by atoms with Crippen molar-refractivity contribution >= 4 is 22.3 Å². The van der Waals surface area contributed by atoms with Crippen LogP contribution >= 0.6 is 0 Å². The number of rotatable bonds is 4. The van der Waals surface area contributed by atoms with Gasteiger partial charge >= 0.3 is 0 Å². The molecule has 0 aliphatic heterocycles. The molecule has 2 N–H and O–H groups in total. The van der Waals surface area contributed by atoms with Crippen molar-refractivity contribution in [3.8, 4) is 0 Å². The van der Waals surface area contributed by atoms with E-state index in [1.165, 1.54) is 36.9 Å². The monoisotopic (exact) mass is 255 g/mol. The normalized spacial score (nSPS) is 15.4. The van der Waals surface area contributed by atoms with Crippen LogP contribution in [0.3, 0.4) is 0 Å². The molecule has 2 aromatic rings. The predicted octanol–water partition coefficient (Wildman–Crippen LogP) is 3.44. The largest absolute Gasteiger partial charge is 0.399 e. The van der Waals surface area contributed by atoms with E-state index in [0.717, 1.165) is 23.7 Å². The summed E-state index contributed by atoms with van der Waals surface area (Å²) in [5.41, 5.74) is 8.90. The first-order valence-corrected chi connectivity index (χ1v) is 7.17. The van der Waals surface area contributed by atoms with Crippen molar-refractivity contribution in [2.75, 3.05) is 23.7 Å². The van der Waals surface area contributed by atoms with Crippen LogP contribution in [0.15, 0.2) is 30.5 Å². The van der Waals surface area contributed by atoms with Gasteiger partial charge in [-0.15, -0.1) is 0 Å². The zero-order chi connectivity index (χ0) is 13.2. The van der Waals surface area contributed by atoms with Gasteiger partial charge in [0.15, 0.2) is 0 Å². The summed E-state index contributed by atoms with van der Waals surface area (Å²) >= 11 is 0. The zero-order valence-corrected chi connectivity index (χ0v) is 11.5. The second kappa shape index (κ2) is 5.08. The number of nitrogen functional groups attached to an aromatic ring is 1. The van der Waals surface area contributed by atoms with E-state index < -0.39 is 0 Å². The molecule has 3 nitrogen and oxygen atoms in total. The first kappa shape index (κ1) is 12.3. The van der Waals surface area contributed by atoms with E-state index in [4.69, 9.17) is 5.73 Å². The Labute approximate surface area is 114 Å². The summed E-state index contributed by atoms with van der Waals surface area (Å²) in [5, 5.41) is 1.21. The maximum Gasteiger partial charge on any atom is 0.0743 e. The average Bonchev–Trinajstić information content (AvgIpc) is 2.37. The highest BCUT2D eigenvalue weighted by Crippen LogP contribution is 2.31. The fourth-order valence-electron chi connectivity index (χ4n) is 2.81. The van der Waals surface area contributed by atoms with Crippen molar-refractivity contribution in [2.45, 2.75) is 26.2 Å². The SMILES string of the molecule is CCN(CC1CCC1)c1ccnc2cc(N)ccc12. The Kier molecular flexibility index (Phi) is 3.28. The Bertz CT molecular complexity index is 575. The van der Waals surface area contributed by atoms with Crippen molar-refractivity contribution in [3.63, 3.8) is 0 Å². The van der Waals surface area contributed by atoms with Crippen LogP contribution in [-0.4, -0.2) is 18.1 Å². The third-order valence-corrected chi connectivity index (χ3v) is 4.17. The quantitative estimate of drug-likeness (QED) is 0.851. The molecule has 0 amide bonds. The van der Waals surface area contributed by atoms with Crippen molar-refractivity contribution < 1.29 is 0 Å².